The van der Waals surface area contributed by atoms with Crippen LogP contribution in [0.5, 0.6) is 0 Å². The molecule has 2 rings (SSSR count). The van der Waals surface area contributed by atoms with Crippen LogP contribution in [-0.2, 0) is 11.0 Å². The maximum atomic E-state index is 13.7. The molecule has 0 aromatic heterocycles. The third kappa shape index (κ3) is 7.38. The van der Waals surface area contributed by atoms with E-state index in [4.69, 9.17) is 34.8 Å². The minimum Gasteiger partial charge on any atom is -0.343 e. The standard InChI is InChI=1S/C20H14Cl3F7N2O2/c1-18(22,23)15(9-2-5-14(24)12(6-9)20(28,29)30)17(34)32-10-3-4-13(21)11(7-10)16(33)31-8-19(25,26)27/h2-7,15H,8H2,1H3,(H,31,33)(H,32,34). The van der Waals surface area contributed by atoms with E-state index < -0.39 is 57.9 Å². The Labute approximate surface area is 203 Å². The lowest BCUT2D eigenvalue weighted by atomic mass is 9.92. The second-order valence-corrected chi connectivity index (χ2v) is 9.28. The third-order valence-corrected chi connectivity index (χ3v) is 5.09. The predicted molar refractivity (Wildman–Crippen MR) is 113 cm³/mol. The second kappa shape index (κ2) is 10.2. The van der Waals surface area contributed by atoms with Gasteiger partial charge in [-0.25, -0.2) is 4.39 Å². The van der Waals surface area contributed by atoms with Crippen LogP contribution in [0.3, 0.4) is 0 Å². The van der Waals surface area contributed by atoms with Gasteiger partial charge in [0, 0.05) is 5.69 Å². The summed E-state index contributed by atoms with van der Waals surface area (Å²) >= 11 is 17.9. The molecule has 34 heavy (non-hydrogen) atoms. The Morgan fingerprint density at radius 3 is 2.15 bits per heavy atom. The summed E-state index contributed by atoms with van der Waals surface area (Å²) < 4.78 is 88.0. The van der Waals surface area contributed by atoms with Gasteiger partial charge in [-0.2, -0.15) is 26.3 Å². The van der Waals surface area contributed by atoms with Gasteiger partial charge in [0.15, 0.2) is 0 Å². The number of halogens is 10. The number of carbonyl (C=O) groups is 2. The number of hydrogen-bond donors (Lipinski definition) is 2. The molecular formula is C20H14Cl3F7N2O2. The van der Waals surface area contributed by atoms with Gasteiger partial charge in [-0.1, -0.05) is 17.7 Å². The van der Waals surface area contributed by atoms with Crippen LogP contribution >= 0.6 is 34.8 Å². The molecule has 0 aliphatic heterocycles. The Balaban J connectivity index is 2.37. The molecule has 0 bridgehead atoms. The lowest BCUT2D eigenvalue weighted by molar-refractivity contribution is -0.140. The molecule has 0 spiro atoms. The Morgan fingerprint density at radius 2 is 1.62 bits per heavy atom. The maximum Gasteiger partial charge on any atom is 0.419 e. The van der Waals surface area contributed by atoms with Crippen LogP contribution in [-0.4, -0.2) is 28.9 Å². The molecule has 2 N–H and O–H groups in total. The van der Waals surface area contributed by atoms with Gasteiger partial charge in [0.05, 0.1) is 22.1 Å². The number of rotatable bonds is 6. The van der Waals surface area contributed by atoms with Gasteiger partial charge in [0.25, 0.3) is 5.91 Å². The summed E-state index contributed by atoms with van der Waals surface area (Å²) in [7, 11) is 0. The average molecular weight is 554 g/mol. The topological polar surface area (TPSA) is 58.2 Å². The highest BCUT2D eigenvalue weighted by Gasteiger charge is 2.40. The van der Waals surface area contributed by atoms with Crippen LogP contribution in [0.4, 0.5) is 36.4 Å². The molecule has 1 unspecified atom stereocenters. The normalized spacial score (nSPS) is 13.4. The van der Waals surface area contributed by atoms with Gasteiger partial charge in [-0.05, 0) is 42.8 Å². The number of nitrogens with one attached hydrogen (secondary N) is 2. The fourth-order valence-electron chi connectivity index (χ4n) is 2.88. The van der Waals surface area contributed by atoms with E-state index in [9.17, 15) is 40.3 Å². The van der Waals surface area contributed by atoms with Crippen molar-refractivity contribution in [2.45, 2.75) is 29.5 Å². The number of amides is 2. The minimum atomic E-state index is -5.06. The fraction of sp³-hybridized carbons (Fsp3) is 0.300. The molecule has 0 aliphatic rings. The van der Waals surface area contributed by atoms with Crippen molar-refractivity contribution in [3.05, 3.63) is 63.9 Å². The highest BCUT2D eigenvalue weighted by molar-refractivity contribution is 6.50. The van der Waals surface area contributed by atoms with Crippen molar-refractivity contribution in [3.63, 3.8) is 0 Å². The van der Waals surface area contributed by atoms with Crippen LogP contribution in [0.1, 0.15) is 34.3 Å². The monoisotopic (exact) mass is 552 g/mol. The van der Waals surface area contributed by atoms with Crippen LogP contribution in [0, 0.1) is 5.82 Å². The molecule has 1 atom stereocenters. The number of anilines is 1. The van der Waals surface area contributed by atoms with Crippen molar-refractivity contribution >= 4 is 52.3 Å². The summed E-state index contributed by atoms with van der Waals surface area (Å²) in [5, 5.41) is 3.65. The molecular weight excluding hydrogens is 540 g/mol. The molecule has 0 aliphatic carbocycles. The average Bonchev–Trinajstić information content (AvgIpc) is 2.66. The Kier molecular flexibility index (Phi) is 8.37. The second-order valence-electron chi connectivity index (χ2n) is 7.11. The summed E-state index contributed by atoms with van der Waals surface area (Å²) in [6.07, 6.45) is -9.75. The fourth-order valence-corrected chi connectivity index (χ4v) is 3.53. The largest absolute Gasteiger partial charge is 0.419 e. The van der Waals surface area contributed by atoms with E-state index in [0.29, 0.717) is 12.1 Å². The SMILES string of the molecule is CC(Cl)(Cl)C(C(=O)Nc1ccc(Cl)c(C(=O)NCC(F)(F)F)c1)c1ccc(F)c(C(F)(F)F)c1. The molecule has 4 nitrogen and oxygen atoms in total. The Hall–Kier alpha value is -2.24. The first-order chi connectivity index (χ1) is 15.4. The van der Waals surface area contributed by atoms with Gasteiger partial charge < -0.3 is 10.6 Å². The first-order valence-electron chi connectivity index (χ1n) is 9.10. The number of benzene rings is 2. The number of alkyl halides is 8. The lowest BCUT2D eigenvalue weighted by Gasteiger charge is -2.26. The molecule has 2 amide bonds. The zero-order chi connectivity index (χ0) is 26.1. The van der Waals surface area contributed by atoms with Gasteiger partial charge in [0.2, 0.25) is 5.91 Å². The summed E-state index contributed by atoms with van der Waals surface area (Å²) in [5.41, 5.74) is -2.57. The van der Waals surface area contributed by atoms with Crippen LogP contribution in [0.25, 0.3) is 0 Å². The summed E-state index contributed by atoms with van der Waals surface area (Å²) in [6, 6.07) is 5.03. The van der Waals surface area contributed by atoms with Crippen LogP contribution in [0.15, 0.2) is 36.4 Å². The molecule has 2 aromatic rings. The highest BCUT2D eigenvalue weighted by atomic mass is 35.5. The Morgan fingerprint density at radius 1 is 1.00 bits per heavy atom. The van der Waals surface area contributed by atoms with Gasteiger partial charge in [0.1, 0.15) is 16.7 Å². The lowest BCUT2D eigenvalue weighted by Crippen LogP contribution is -2.34. The minimum absolute atomic E-state index is 0.146. The van der Waals surface area contributed by atoms with E-state index in [1.165, 1.54) is 6.07 Å². The van der Waals surface area contributed by atoms with Gasteiger partial charge in [-0.15, -0.1) is 23.2 Å². The Bertz CT molecular complexity index is 1080. The quantitative estimate of drug-likeness (QED) is 0.309. The maximum absolute atomic E-state index is 13.7. The van der Waals surface area contributed by atoms with Crippen molar-refractivity contribution < 1.29 is 40.3 Å². The van der Waals surface area contributed by atoms with Crippen molar-refractivity contribution in [3.8, 4) is 0 Å². The molecule has 0 saturated carbocycles. The van der Waals surface area contributed by atoms with Crippen molar-refractivity contribution in [1.29, 1.82) is 0 Å². The van der Waals surface area contributed by atoms with E-state index >= 15 is 0 Å². The van der Waals surface area contributed by atoms with Crippen molar-refractivity contribution in [2.75, 3.05) is 11.9 Å². The van der Waals surface area contributed by atoms with E-state index in [2.05, 4.69) is 5.32 Å². The molecule has 186 valence electrons. The summed E-state index contributed by atoms with van der Waals surface area (Å²) in [6.45, 7) is -0.515. The number of hydrogen-bond acceptors (Lipinski definition) is 2. The van der Waals surface area contributed by atoms with E-state index in [-0.39, 0.29) is 16.3 Å². The van der Waals surface area contributed by atoms with E-state index in [1.807, 2.05) is 0 Å². The van der Waals surface area contributed by atoms with Gasteiger partial charge in [-0.3, -0.25) is 9.59 Å². The molecule has 2 aromatic carbocycles. The van der Waals surface area contributed by atoms with Gasteiger partial charge >= 0.3 is 12.4 Å². The van der Waals surface area contributed by atoms with E-state index in [0.717, 1.165) is 25.1 Å². The third-order valence-electron chi connectivity index (χ3n) is 4.33. The smallest absolute Gasteiger partial charge is 0.343 e. The molecule has 0 fully saturated rings. The predicted octanol–water partition coefficient (Wildman–Crippen LogP) is 6.71. The number of carbonyl (C=O) groups excluding carboxylic acids is 2. The zero-order valence-corrected chi connectivity index (χ0v) is 19.1. The zero-order valence-electron chi connectivity index (χ0n) is 16.8. The molecule has 0 radical (unpaired) electrons. The van der Waals surface area contributed by atoms with Crippen molar-refractivity contribution in [2.24, 2.45) is 0 Å². The summed E-state index contributed by atoms with van der Waals surface area (Å²) in [5.74, 6) is -5.47. The van der Waals surface area contributed by atoms with Crippen LogP contribution in [0.2, 0.25) is 5.02 Å². The first kappa shape index (κ1) is 28.0. The highest BCUT2D eigenvalue weighted by Crippen LogP contribution is 2.41. The van der Waals surface area contributed by atoms with Crippen LogP contribution < -0.4 is 10.6 Å². The summed E-state index contributed by atoms with van der Waals surface area (Å²) in [4.78, 5) is 24.9. The molecule has 0 saturated heterocycles. The van der Waals surface area contributed by atoms with E-state index in [1.54, 1.807) is 5.32 Å². The van der Waals surface area contributed by atoms with Crippen molar-refractivity contribution in [1.82, 2.24) is 5.32 Å². The first-order valence-corrected chi connectivity index (χ1v) is 10.2. The molecule has 0 heterocycles. The molecule has 14 heteroatoms.